The van der Waals surface area contributed by atoms with E-state index in [2.05, 4.69) is 127 Å². The summed E-state index contributed by atoms with van der Waals surface area (Å²) >= 11 is -0.346. The molecule has 0 heterocycles. The van der Waals surface area contributed by atoms with Gasteiger partial charge < -0.3 is 5.32 Å². The predicted octanol–water partition coefficient (Wildman–Crippen LogP) is 5.68. The van der Waals surface area contributed by atoms with Crippen molar-refractivity contribution in [2.24, 2.45) is 0 Å². The third kappa shape index (κ3) is 9.17. The molecule has 0 radical (unpaired) electrons. The molecular weight excluding hydrogens is 584 g/mol. The summed E-state index contributed by atoms with van der Waals surface area (Å²) in [6.45, 7) is 2.13. The molecule has 34 heavy (non-hydrogen) atoms. The zero-order valence-electron chi connectivity index (χ0n) is 19.0. The second-order valence-corrected chi connectivity index (χ2v) is 15.6. The summed E-state index contributed by atoms with van der Waals surface area (Å²) in [5.74, 6) is 0. The molecule has 0 aliphatic heterocycles. The van der Waals surface area contributed by atoms with Gasteiger partial charge in [0.05, 0.1) is 49.4 Å². The van der Waals surface area contributed by atoms with Gasteiger partial charge >= 0.3 is 34.5 Å². The Labute approximate surface area is 222 Å². The average Bonchev–Trinajstić information content (AvgIpc) is 2.91. The predicted molar refractivity (Wildman–Crippen MR) is 155 cm³/mol. The normalized spacial score (nSPS) is 10.8. The summed E-state index contributed by atoms with van der Waals surface area (Å²) in [6.07, 6.45) is 2.41. The van der Waals surface area contributed by atoms with Gasteiger partial charge in [0.15, 0.2) is 0 Å². The van der Waals surface area contributed by atoms with E-state index in [1.165, 1.54) is 33.5 Å². The van der Waals surface area contributed by atoms with Crippen LogP contribution in [0.1, 0.15) is 0 Å². The van der Waals surface area contributed by atoms with Crippen molar-refractivity contribution in [1.29, 1.82) is 0 Å². The van der Waals surface area contributed by atoms with Crippen molar-refractivity contribution in [2.45, 2.75) is 0 Å². The van der Waals surface area contributed by atoms with Gasteiger partial charge in [-0.15, -0.1) is 0 Å². The number of nitrogens with one attached hydrogen (secondary N) is 1. The molecule has 0 aromatic heterocycles. The van der Waals surface area contributed by atoms with Crippen molar-refractivity contribution in [1.82, 2.24) is 5.32 Å². The molecule has 0 aliphatic rings. The third-order valence-corrected chi connectivity index (χ3v) is 11.2. The fourth-order valence-corrected chi connectivity index (χ4v) is 9.07. The van der Waals surface area contributed by atoms with Gasteiger partial charge in [-0.3, -0.25) is 0 Å². The van der Waals surface area contributed by atoms with E-state index in [1.807, 2.05) is 0 Å². The first-order chi connectivity index (χ1) is 16.8. The van der Waals surface area contributed by atoms with Gasteiger partial charge in [-0.25, -0.2) is 0 Å². The van der Waals surface area contributed by atoms with E-state index in [9.17, 15) is 0 Å². The van der Waals surface area contributed by atoms with Gasteiger partial charge in [0.1, 0.15) is 0 Å². The Kier molecular flexibility index (Phi) is 13.4. The molecule has 1 N–H and O–H groups in total. The Morgan fingerprint density at radius 2 is 0.706 bits per heavy atom. The summed E-state index contributed by atoms with van der Waals surface area (Å²) < 4.78 is 0. The molecule has 0 saturated heterocycles. The molecule has 0 atom stereocenters. The number of rotatable bonds is 10. The number of halogens is 2. The topological polar surface area (TPSA) is 12.0 Å². The first kappa shape index (κ1) is 27.5. The molecule has 0 spiro atoms. The summed E-state index contributed by atoms with van der Waals surface area (Å²) in [4.78, 5) is 0. The van der Waals surface area contributed by atoms with Crippen LogP contribution >= 0.6 is 35.2 Å². The van der Waals surface area contributed by atoms with E-state index in [0.717, 1.165) is 13.1 Å². The maximum Gasteiger partial charge on any atom is 0.0967 e. The summed E-state index contributed by atoms with van der Waals surface area (Å²) in [5.41, 5.74) is 0. The van der Waals surface area contributed by atoms with E-state index < -0.39 is 15.8 Å². The van der Waals surface area contributed by atoms with Gasteiger partial charge in [-0.2, -0.15) is 0 Å². The van der Waals surface area contributed by atoms with Gasteiger partial charge in [-0.05, 0) is 48.5 Å². The number of benzene rings is 4. The molecule has 0 fully saturated rings. The molecule has 0 aliphatic carbocycles. The molecule has 0 amide bonds. The van der Waals surface area contributed by atoms with E-state index in [0.29, 0.717) is 0 Å². The Bertz CT molecular complexity index is 877. The molecule has 1 nitrogen and oxygen atoms in total. The minimum Gasteiger partial charge on any atom is -0.310 e. The van der Waals surface area contributed by atoms with E-state index in [-0.39, 0.29) is 15.1 Å². The second-order valence-electron chi connectivity index (χ2n) is 7.72. The molecule has 0 unspecified atom stereocenters. The van der Waals surface area contributed by atoms with Gasteiger partial charge in [0.2, 0.25) is 0 Å². The van der Waals surface area contributed by atoms with E-state index in [1.54, 1.807) is 0 Å². The smallest absolute Gasteiger partial charge is 0.0967 e. The molecule has 4 aromatic carbocycles. The van der Waals surface area contributed by atoms with Crippen LogP contribution in [0.2, 0.25) is 0 Å². The maximum atomic E-state index is 4.85. The first-order valence-electron chi connectivity index (χ1n) is 11.3. The van der Waals surface area contributed by atoms with Crippen molar-refractivity contribution in [3.05, 3.63) is 121 Å². The molecule has 6 heteroatoms. The number of hydrogen-bond acceptors (Lipinski definition) is 1. The van der Waals surface area contributed by atoms with E-state index >= 15 is 0 Å². The van der Waals surface area contributed by atoms with Crippen molar-refractivity contribution in [3.8, 4) is 0 Å². The Morgan fingerprint density at radius 3 is 0.941 bits per heavy atom. The van der Waals surface area contributed by atoms with Gasteiger partial charge in [-0.1, -0.05) is 72.8 Å². The van der Waals surface area contributed by atoms with Crippen LogP contribution in [-0.2, 0) is 15.1 Å². The fourth-order valence-electron chi connectivity index (χ4n) is 4.02. The minimum absolute atomic E-state index is 0.346. The first-order valence-corrected chi connectivity index (χ1v) is 19.2. The van der Waals surface area contributed by atoms with Gasteiger partial charge in [0, 0.05) is 13.1 Å². The Morgan fingerprint density at radius 1 is 0.471 bits per heavy atom. The largest absolute Gasteiger partial charge is 0.310 e. The second kappa shape index (κ2) is 16.6. The summed E-state index contributed by atoms with van der Waals surface area (Å²) in [5, 5.41) is 9.77. The summed E-state index contributed by atoms with van der Waals surface area (Å²) in [6, 6.07) is 44.2. The standard InChI is InChI=1S/C28H29NP2.2ClH.Ru/c1-5-13-25(14-6-1)30(26-15-7-2-8-16-26)23-21-29-22-24-31(27-17-9-3-10-18-27)28-19-11-4-12-20-28;;;/h1-20,29H,21-24H2;2*1H;/q;;;+2. The SMILES string of the molecule is [Cl][Ru][Cl].c1ccc([PH+](CCNCC[PH+](c2ccccc2)c2ccccc2)c2ccccc2)cc1. The number of hydrogen-bond donors (Lipinski definition) is 1. The van der Waals surface area contributed by atoms with Crippen LogP contribution in [0, 0.1) is 0 Å². The molecule has 178 valence electrons. The van der Waals surface area contributed by atoms with Crippen LogP contribution in [0.5, 0.6) is 0 Å². The Balaban J connectivity index is 0.00000103. The van der Waals surface area contributed by atoms with Gasteiger partial charge in [0.25, 0.3) is 0 Å². The maximum absolute atomic E-state index is 4.85. The van der Waals surface area contributed by atoms with Crippen molar-refractivity contribution >= 4 is 56.4 Å². The zero-order chi connectivity index (χ0) is 23.8. The van der Waals surface area contributed by atoms with Crippen LogP contribution in [0.4, 0.5) is 0 Å². The quantitative estimate of drug-likeness (QED) is 0.138. The zero-order valence-corrected chi connectivity index (χ0v) is 24.2. The molecule has 0 bridgehead atoms. The minimum atomic E-state index is -0.758. The van der Waals surface area contributed by atoms with Crippen LogP contribution < -0.4 is 26.5 Å². The molecular formula is C28H31Cl2NP2Ru+2. The van der Waals surface area contributed by atoms with E-state index in [4.69, 9.17) is 19.4 Å². The van der Waals surface area contributed by atoms with Crippen LogP contribution in [-0.4, -0.2) is 25.4 Å². The fraction of sp³-hybridized carbons (Fsp3) is 0.143. The summed E-state index contributed by atoms with van der Waals surface area (Å²) in [7, 11) is 8.19. The average molecular weight is 615 g/mol. The third-order valence-electron chi connectivity index (χ3n) is 5.59. The van der Waals surface area contributed by atoms with Crippen LogP contribution in [0.25, 0.3) is 0 Å². The van der Waals surface area contributed by atoms with Crippen molar-refractivity contribution in [2.75, 3.05) is 25.4 Å². The molecule has 0 saturated carbocycles. The molecule has 4 aromatic rings. The van der Waals surface area contributed by atoms with Crippen molar-refractivity contribution in [3.63, 3.8) is 0 Å². The molecule has 4 rings (SSSR count). The van der Waals surface area contributed by atoms with Crippen LogP contribution in [0.3, 0.4) is 0 Å². The van der Waals surface area contributed by atoms with Crippen molar-refractivity contribution < 1.29 is 15.1 Å². The monoisotopic (exact) mass is 615 g/mol. The van der Waals surface area contributed by atoms with Crippen LogP contribution in [0.15, 0.2) is 121 Å². The Hall–Kier alpha value is -1.10.